The van der Waals surface area contributed by atoms with Crippen LogP contribution in [-0.2, 0) is 4.79 Å². The second-order valence-corrected chi connectivity index (χ2v) is 3.36. The van der Waals surface area contributed by atoms with Crippen LogP contribution in [0.25, 0.3) is 0 Å². The molecule has 0 bridgehead atoms. The summed E-state index contributed by atoms with van der Waals surface area (Å²) in [6, 6.07) is 0.828. The van der Waals surface area contributed by atoms with E-state index in [1.807, 2.05) is 0 Å². The van der Waals surface area contributed by atoms with Crippen molar-refractivity contribution >= 4 is 29.2 Å². The second-order valence-electron chi connectivity index (χ2n) is 2.57. The first kappa shape index (κ1) is 11.2. The lowest BCUT2D eigenvalue weighted by Crippen LogP contribution is -2.21. The van der Waals surface area contributed by atoms with Crippen molar-refractivity contribution in [3.63, 3.8) is 0 Å². The Bertz CT molecular complexity index is 384. The maximum atomic E-state index is 12.9. The monoisotopic (exact) mass is 237 g/mol. The highest BCUT2D eigenvalue weighted by Gasteiger charge is 2.22. The average molecular weight is 238 g/mol. The molecule has 0 radical (unpaired) electrons. The molecule has 0 spiro atoms. The first-order chi connectivity index (χ1) is 6.45. The number of rotatable bonds is 2. The zero-order valence-electron chi connectivity index (χ0n) is 6.80. The van der Waals surface area contributed by atoms with E-state index in [2.05, 4.69) is 0 Å². The minimum Gasteiger partial charge on any atom is -0.480 e. The number of benzene rings is 1. The van der Waals surface area contributed by atoms with Gasteiger partial charge in [0.1, 0.15) is 11.9 Å². The molecule has 0 saturated carbocycles. The van der Waals surface area contributed by atoms with E-state index >= 15 is 0 Å². The minimum atomic E-state index is -1.43. The van der Waals surface area contributed by atoms with E-state index in [1.165, 1.54) is 6.07 Å². The van der Waals surface area contributed by atoms with Crippen molar-refractivity contribution in [1.82, 2.24) is 0 Å². The van der Waals surface area contributed by atoms with Crippen molar-refractivity contribution in [2.75, 3.05) is 0 Å². The first-order valence-corrected chi connectivity index (χ1v) is 4.32. The van der Waals surface area contributed by atoms with Gasteiger partial charge in [-0.2, -0.15) is 0 Å². The summed E-state index contributed by atoms with van der Waals surface area (Å²) in [4.78, 5) is 10.6. The maximum Gasteiger partial charge on any atom is 0.325 e. The van der Waals surface area contributed by atoms with Gasteiger partial charge in [-0.25, -0.2) is 4.39 Å². The van der Waals surface area contributed by atoms with Crippen molar-refractivity contribution in [2.45, 2.75) is 6.04 Å². The molecule has 0 unspecified atom stereocenters. The lowest BCUT2D eigenvalue weighted by atomic mass is 10.1. The zero-order chi connectivity index (χ0) is 10.9. The normalized spacial score (nSPS) is 12.6. The van der Waals surface area contributed by atoms with Crippen LogP contribution in [0.3, 0.4) is 0 Å². The van der Waals surface area contributed by atoms with Gasteiger partial charge in [0.05, 0.1) is 5.02 Å². The zero-order valence-corrected chi connectivity index (χ0v) is 8.31. The first-order valence-electron chi connectivity index (χ1n) is 3.57. The molecule has 0 aliphatic carbocycles. The summed E-state index contributed by atoms with van der Waals surface area (Å²) >= 11 is 11.2. The predicted octanol–water partition coefficient (Wildman–Crippen LogP) is 2.22. The summed E-state index contributed by atoms with van der Waals surface area (Å²) in [5.41, 5.74) is 5.16. The molecular formula is C8H6Cl2FNO2. The van der Waals surface area contributed by atoms with Crippen LogP contribution in [0, 0.1) is 5.82 Å². The molecule has 1 atom stereocenters. The van der Waals surface area contributed by atoms with Crippen LogP contribution in [0.1, 0.15) is 11.6 Å². The molecule has 0 saturated heterocycles. The summed E-state index contributed by atoms with van der Waals surface area (Å²) < 4.78 is 12.9. The van der Waals surface area contributed by atoms with Crippen LogP contribution >= 0.6 is 23.2 Å². The van der Waals surface area contributed by atoms with Gasteiger partial charge in [0, 0.05) is 10.6 Å². The Balaban J connectivity index is 3.32. The molecule has 76 valence electrons. The van der Waals surface area contributed by atoms with Crippen molar-refractivity contribution in [3.05, 3.63) is 33.6 Å². The number of nitrogens with two attached hydrogens (primary N) is 1. The van der Waals surface area contributed by atoms with E-state index < -0.39 is 17.8 Å². The highest BCUT2D eigenvalue weighted by molar-refractivity contribution is 6.36. The van der Waals surface area contributed by atoms with E-state index in [1.54, 1.807) is 0 Å². The third-order valence-electron chi connectivity index (χ3n) is 1.66. The molecule has 0 fully saturated rings. The van der Waals surface area contributed by atoms with E-state index in [0.29, 0.717) is 0 Å². The largest absolute Gasteiger partial charge is 0.480 e. The fourth-order valence-electron chi connectivity index (χ4n) is 0.951. The topological polar surface area (TPSA) is 63.3 Å². The van der Waals surface area contributed by atoms with Crippen molar-refractivity contribution in [2.24, 2.45) is 5.73 Å². The smallest absolute Gasteiger partial charge is 0.325 e. The predicted molar refractivity (Wildman–Crippen MR) is 51.0 cm³/mol. The highest BCUT2D eigenvalue weighted by Crippen LogP contribution is 2.31. The SMILES string of the molecule is N[C@H](C(=O)O)c1c(Cl)ccc(F)c1Cl. The van der Waals surface area contributed by atoms with Gasteiger partial charge in [-0.15, -0.1) is 0 Å². The fourth-order valence-corrected chi connectivity index (χ4v) is 1.56. The molecule has 3 N–H and O–H groups in total. The minimum absolute atomic E-state index is 0.0336. The molecule has 1 aromatic carbocycles. The Morgan fingerprint density at radius 1 is 1.50 bits per heavy atom. The number of carboxylic acids is 1. The lowest BCUT2D eigenvalue weighted by molar-refractivity contribution is -0.138. The quantitative estimate of drug-likeness (QED) is 0.776. The standard InChI is InChI=1S/C8H6Cl2FNO2/c9-3-1-2-4(11)6(10)5(3)7(12)8(13)14/h1-2,7H,12H2,(H,13,14)/t7-/m0/s1. The Hall–Kier alpha value is -0.840. The van der Waals surface area contributed by atoms with Crippen LogP contribution < -0.4 is 5.73 Å². The molecule has 6 heteroatoms. The van der Waals surface area contributed by atoms with Crippen LogP contribution in [0.15, 0.2) is 12.1 Å². The van der Waals surface area contributed by atoms with Gasteiger partial charge in [-0.3, -0.25) is 4.79 Å². The Kier molecular flexibility index (Phi) is 3.31. The third-order valence-corrected chi connectivity index (χ3v) is 2.37. The number of carbonyl (C=O) groups is 1. The summed E-state index contributed by atoms with van der Waals surface area (Å²) in [5.74, 6) is -2.07. The summed E-state index contributed by atoms with van der Waals surface area (Å²) in [7, 11) is 0. The van der Waals surface area contributed by atoms with Gasteiger partial charge >= 0.3 is 5.97 Å². The fraction of sp³-hybridized carbons (Fsp3) is 0.125. The Morgan fingerprint density at radius 2 is 2.07 bits per heavy atom. The number of hydrogen-bond donors (Lipinski definition) is 2. The summed E-state index contributed by atoms with van der Waals surface area (Å²) in [6.45, 7) is 0. The van der Waals surface area contributed by atoms with Gasteiger partial charge in [-0.05, 0) is 12.1 Å². The third kappa shape index (κ3) is 1.97. The molecule has 1 aromatic rings. The van der Waals surface area contributed by atoms with Crippen molar-refractivity contribution < 1.29 is 14.3 Å². The molecule has 14 heavy (non-hydrogen) atoms. The van der Waals surface area contributed by atoms with Gasteiger partial charge in [0.25, 0.3) is 0 Å². The lowest BCUT2D eigenvalue weighted by Gasteiger charge is -2.11. The van der Waals surface area contributed by atoms with Crippen LogP contribution in [-0.4, -0.2) is 11.1 Å². The number of halogens is 3. The number of carboxylic acid groups (broad SMARTS) is 1. The Morgan fingerprint density at radius 3 is 2.57 bits per heavy atom. The molecule has 0 aliphatic rings. The number of aliphatic carboxylic acids is 1. The van der Waals surface area contributed by atoms with Crippen molar-refractivity contribution in [1.29, 1.82) is 0 Å². The van der Waals surface area contributed by atoms with Gasteiger partial charge in [0.2, 0.25) is 0 Å². The van der Waals surface area contributed by atoms with Crippen LogP contribution in [0.2, 0.25) is 10.0 Å². The highest BCUT2D eigenvalue weighted by atomic mass is 35.5. The van der Waals surface area contributed by atoms with Gasteiger partial charge in [0.15, 0.2) is 0 Å². The number of hydrogen-bond acceptors (Lipinski definition) is 2. The summed E-state index contributed by atoms with van der Waals surface area (Å²) in [6.07, 6.45) is 0. The van der Waals surface area contributed by atoms with E-state index in [9.17, 15) is 9.18 Å². The Labute approximate surface area is 89.2 Å². The van der Waals surface area contributed by atoms with E-state index in [0.717, 1.165) is 6.07 Å². The second kappa shape index (κ2) is 4.13. The van der Waals surface area contributed by atoms with Crippen molar-refractivity contribution in [3.8, 4) is 0 Å². The maximum absolute atomic E-state index is 12.9. The average Bonchev–Trinajstić information content (AvgIpc) is 2.12. The molecule has 0 aromatic heterocycles. The molecule has 1 rings (SSSR count). The molecule has 0 heterocycles. The van der Waals surface area contributed by atoms with E-state index in [-0.39, 0.29) is 15.6 Å². The van der Waals surface area contributed by atoms with Gasteiger partial charge < -0.3 is 10.8 Å². The molecule has 0 amide bonds. The molecular weight excluding hydrogens is 232 g/mol. The van der Waals surface area contributed by atoms with Crippen LogP contribution in [0.4, 0.5) is 4.39 Å². The van der Waals surface area contributed by atoms with Gasteiger partial charge in [-0.1, -0.05) is 23.2 Å². The molecule has 3 nitrogen and oxygen atoms in total. The molecule has 0 aliphatic heterocycles. The summed E-state index contributed by atoms with van der Waals surface area (Å²) in [5, 5.41) is 8.29. The van der Waals surface area contributed by atoms with E-state index in [4.69, 9.17) is 34.0 Å². The van der Waals surface area contributed by atoms with Crippen LogP contribution in [0.5, 0.6) is 0 Å².